The second kappa shape index (κ2) is 12.3. The Hall–Kier alpha value is -1.06. The first kappa shape index (κ1) is 23.0. The van der Waals surface area contributed by atoms with Crippen molar-refractivity contribution in [2.75, 3.05) is 0 Å². The van der Waals surface area contributed by atoms with Crippen molar-refractivity contribution in [1.29, 1.82) is 0 Å². The Kier molecular flexibility index (Phi) is 10.9. The van der Waals surface area contributed by atoms with Gasteiger partial charge in [-0.3, -0.25) is 9.59 Å². The summed E-state index contributed by atoms with van der Waals surface area (Å²) in [6.45, 7) is 8.68. The fourth-order valence-corrected chi connectivity index (χ4v) is 4.13. The van der Waals surface area contributed by atoms with Crippen LogP contribution in [0.2, 0.25) is 0 Å². The van der Waals surface area contributed by atoms with Gasteiger partial charge >= 0.3 is 11.9 Å². The fraction of sp³-hybridized carbons (Fsp3) is 0.909. The van der Waals surface area contributed by atoms with Gasteiger partial charge in [-0.1, -0.05) is 72.6 Å². The second-order valence-electron chi connectivity index (χ2n) is 8.50. The summed E-state index contributed by atoms with van der Waals surface area (Å²) in [4.78, 5) is 23.9. The molecule has 4 heteroatoms. The van der Waals surface area contributed by atoms with Crippen LogP contribution in [0.15, 0.2) is 0 Å². The zero-order chi connectivity index (χ0) is 19.5. The summed E-state index contributed by atoms with van der Waals surface area (Å²) in [5.41, 5.74) is 0. The van der Waals surface area contributed by atoms with Crippen LogP contribution in [0.1, 0.15) is 98.3 Å². The number of carboxylic acids is 1. The molecule has 1 aliphatic carbocycles. The number of carboxylic acid groups (broad SMARTS) is 1. The molecular weight excluding hydrogens is 328 g/mol. The first-order valence-electron chi connectivity index (χ1n) is 10.8. The van der Waals surface area contributed by atoms with Gasteiger partial charge in [0.05, 0.1) is 11.8 Å². The highest BCUT2D eigenvalue weighted by Gasteiger charge is 2.33. The highest BCUT2D eigenvalue weighted by atomic mass is 16.5. The Bertz CT molecular complexity index is 418. The summed E-state index contributed by atoms with van der Waals surface area (Å²) >= 11 is 0. The number of unbranched alkanes of at least 4 members (excludes halogenated alkanes) is 2. The third kappa shape index (κ3) is 8.09. The van der Waals surface area contributed by atoms with Gasteiger partial charge in [0.15, 0.2) is 0 Å². The number of ether oxygens (including phenoxy) is 1. The van der Waals surface area contributed by atoms with E-state index in [1.54, 1.807) is 0 Å². The number of aliphatic carboxylic acids is 1. The number of carbonyl (C=O) groups is 2. The van der Waals surface area contributed by atoms with Gasteiger partial charge in [0.25, 0.3) is 0 Å². The third-order valence-electron chi connectivity index (χ3n) is 5.85. The van der Waals surface area contributed by atoms with E-state index >= 15 is 0 Å². The zero-order valence-electron chi connectivity index (χ0n) is 17.3. The van der Waals surface area contributed by atoms with E-state index < -0.39 is 5.97 Å². The maximum absolute atomic E-state index is 12.7. The van der Waals surface area contributed by atoms with Gasteiger partial charge in [0, 0.05) is 0 Å². The van der Waals surface area contributed by atoms with Crippen molar-refractivity contribution < 1.29 is 19.4 Å². The predicted octanol–water partition coefficient (Wildman–Crippen LogP) is 5.83. The standard InChI is InChI=1S/C22H40O4/c1-5-7-8-11-17(10-6-2)14-20(16(3)4)26-22(25)19-13-9-12-18(15-19)21(23)24/h16-20H,5-15H2,1-4H3,(H,23,24). The summed E-state index contributed by atoms with van der Waals surface area (Å²) in [7, 11) is 0. The molecule has 152 valence electrons. The van der Waals surface area contributed by atoms with E-state index in [2.05, 4.69) is 27.7 Å². The summed E-state index contributed by atoms with van der Waals surface area (Å²) in [6.07, 6.45) is 10.9. The van der Waals surface area contributed by atoms with E-state index in [1.807, 2.05) is 0 Å². The number of carbonyl (C=O) groups excluding carboxylic acids is 1. The molecule has 0 heterocycles. The van der Waals surface area contributed by atoms with Crippen molar-refractivity contribution in [1.82, 2.24) is 0 Å². The summed E-state index contributed by atoms with van der Waals surface area (Å²) < 4.78 is 5.93. The monoisotopic (exact) mass is 368 g/mol. The van der Waals surface area contributed by atoms with Gasteiger partial charge in [-0.15, -0.1) is 0 Å². The molecule has 0 aromatic rings. The highest BCUT2D eigenvalue weighted by Crippen LogP contribution is 2.32. The lowest BCUT2D eigenvalue weighted by Crippen LogP contribution is -2.33. The molecule has 1 saturated carbocycles. The molecule has 0 bridgehead atoms. The number of hydrogen-bond acceptors (Lipinski definition) is 3. The summed E-state index contributed by atoms with van der Waals surface area (Å²) in [5, 5.41) is 9.24. The highest BCUT2D eigenvalue weighted by molar-refractivity contribution is 5.75. The second-order valence-corrected chi connectivity index (χ2v) is 8.50. The number of hydrogen-bond donors (Lipinski definition) is 1. The van der Waals surface area contributed by atoms with Crippen LogP contribution in [0, 0.1) is 23.7 Å². The van der Waals surface area contributed by atoms with E-state index in [4.69, 9.17) is 4.74 Å². The minimum atomic E-state index is -0.776. The van der Waals surface area contributed by atoms with E-state index in [0.29, 0.717) is 24.7 Å². The summed E-state index contributed by atoms with van der Waals surface area (Å²) in [5.74, 6) is -0.662. The molecule has 1 aliphatic rings. The lowest BCUT2D eigenvalue weighted by Gasteiger charge is -2.30. The van der Waals surface area contributed by atoms with E-state index in [9.17, 15) is 14.7 Å². The van der Waals surface area contributed by atoms with Crippen LogP contribution in [-0.4, -0.2) is 23.1 Å². The van der Waals surface area contributed by atoms with Crippen LogP contribution in [0.25, 0.3) is 0 Å². The average molecular weight is 369 g/mol. The van der Waals surface area contributed by atoms with Crippen LogP contribution in [-0.2, 0) is 14.3 Å². The predicted molar refractivity (Wildman–Crippen MR) is 105 cm³/mol. The minimum Gasteiger partial charge on any atom is -0.481 e. The molecule has 0 radical (unpaired) electrons. The first-order valence-corrected chi connectivity index (χ1v) is 10.8. The molecular formula is C22H40O4. The van der Waals surface area contributed by atoms with Gasteiger partial charge in [0.1, 0.15) is 6.10 Å². The molecule has 0 amide bonds. The van der Waals surface area contributed by atoms with Crippen molar-refractivity contribution in [2.45, 2.75) is 104 Å². The van der Waals surface area contributed by atoms with Gasteiger partial charge in [-0.05, 0) is 37.5 Å². The fourth-order valence-electron chi connectivity index (χ4n) is 4.13. The van der Waals surface area contributed by atoms with E-state index in [0.717, 1.165) is 19.3 Å². The zero-order valence-corrected chi connectivity index (χ0v) is 17.3. The molecule has 0 saturated heterocycles. The molecule has 0 aliphatic heterocycles. The lowest BCUT2D eigenvalue weighted by atomic mass is 9.81. The maximum Gasteiger partial charge on any atom is 0.309 e. The molecule has 26 heavy (non-hydrogen) atoms. The van der Waals surface area contributed by atoms with Crippen molar-refractivity contribution in [2.24, 2.45) is 23.7 Å². The SMILES string of the molecule is CCCCCC(CCC)CC(OC(=O)C1CCCC(C(=O)O)C1)C(C)C. The summed E-state index contributed by atoms with van der Waals surface area (Å²) in [6, 6.07) is 0. The Labute approximate surface area is 160 Å². The molecule has 1 fully saturated rings. The third-order valence-corrected chi connectivity index (χ3v) is 5.85. The normalized spacial score (nSPS) is 22.8. The van der Waals surface area contributed by atoms with Crippen LogP contribution in [0.3, 0.4) is 0 Å². The van der Waals surface area contributed by atoms with E-state index in [1.165, 1.54) is 38.5 Å². The average Bonchev–Trinajstić information content (AvgIpc) is 2.61. The quantitative estimate of drug-likeness (QED) is 0.347. The lowest BCUT2D eigenvalue weighted by molar-refractivity contribution is -0.160. The molecule has 1 N–H and O–H groups in total. The Balaban J connectivity index is 2.61. The largest absolute Gasteiger partial charge is 0.481 e. The molecule has 4 atom stereocenters. The molecule has 4 nitrogen and oxygen atoms in total. The van der Waals surface area contributed by atoms with Crippen LogP contribution in [0.5, 0.6) is 0 Å². The Morgan fingerprint density at radius 2 is 1.73 bits per heavy atom. The Morgan fingerprint density at radius 3 is 2.31 bits per heavy atom. The van der Waals surface area contributed by atoms with Crippen molar-refractivity contribution in [3.05, 3.63) is 0 Å². The molecule has 0 spiro atoms. The topological polar surface area (TPSA) is 63.6 Å². The van der Waals surface area contributed by atoms with Gasteiger partial charge in [0.2, 0.25) is 0 Å². The van der Waals surface area contributed by atoms with Crippen LogP contribution >= 0.6 is 0 Å². The molecule has 1 rings (SSSR count). The smallest absolute Gasteiger partial charge is 0.309 e. The first-order chi connectivity index (χ1) is 12.4. The van der Waals surface area contributed by atoms with Gasteiger partial charge in [-0.2, -0.15) is 0 Å². The van der Waals surface area contributed by atoms with Crippen molar-refractivity contribution in [3.8, 4) is 0 Å². The van der Waals surface area contributed by atoms with Gasteiger partial charge in [-0.25, -0.2) is 0 Å². The van der Waals surface area contributed by atoms with Crippen LogP contribution < -0.4 is 0 Å². The molecule has 0 aromatic carbocycles. The number of rotatable bonds is 12. The van der Waals surface area contributed by atoms with Crippen molar-refractivity contribution in [3.63, 3.8) is 0 Å². The van der Waals surface area contributed by atoms with E-state index in [-0.39, 0.29) is 23.9 Å². The molecule has 4 unspecified atom stereocenters. The molecule has 0 aromatic heterocycles. The number of esters is 1. The van der Waals surface area contributed by atoms with Crippen LogP contribution in [0.4, 0.5) is 0 Å². The van der Waals surface area contributed by atoms with Crippen molar-refractivity contribution >= 4 is 11.9 Å². The van der Waals surface area contributed by atoms with Gasteiger partial charge < -0.3 is 9.84 Å². The maximum atomic E-state index is 12.7. The minimum absolute atomic E-state index is 0.0501. The Morgan fingerprint density at radius 1 is 1.04 bits per heavy atom.